The molecule has 1 saturated heterocycles. The Labute approximate surface area is 263 Å². The molecule has 2 amide bonds. The topological polar surface area (TPSA) is 91.4 Å². The third-order valence-electron chi connectivity index (χ3n) is 6.39. The van der Waals surface area contributed by atoms with E-state index >= 15 is 0 Å². The van der Waals surface area contributed by atoms with Crippen molar-refractivity contribution in [2.24, 2.45) is 0 Å². The fraction of sp³-hybridized carbons (Fsp3) is 0.281. The lowest BCUT2D eigenvalue weighted by Crippen LogP contribution is -2.32. The second-order valence-corrected chi connectivity index (χ2v) is 11.9. The molecule has 1 fully saturated rings. The molecule has 4 rings (SSSR count). The summed E-state index contributed by atoms with van der Waals surface area (Å²) in [5, 5.41) is -0.354. The summed E-state index contributed by atoms with van der Waals surface area (Å²) in [4.78, 5) is 40.2. The maximum Gasteiger partial charge on any atom is 0.343 e. The number of esters is 1. The number of hydrogen-bond acceptors (Lipinski definition) is 8. The minimum Gasteiger partial charge on any atom is -0.497 e. The molecule has 3 aromatic carbocycles. The van der Waals surface area contributed by atoms with Gasteiger partial charge in [0.25, 0.3) is 11.1 Å². The lowest BCUT2D eigenvalue weighted by Gasteiger charge is -2.17. The zero-order chi connectivity index (χ0) is 30.4. The van der Waals surface area contributed by atoms with Crippen LogP contribution in [0.2, 0.25) is 0 Å². The van der Waals surface area contributed by atoms with Crippen molar-refractivity contribution >= 4 is 57.5 Å². The van der Waals surface area contributed by atoms with E-state index in [1.165, 1.54) is 4.90 Å². The zero-order valence-corrected chi connectivity index (χ0v) is 27.0. The SMILES string of the molecule is CCOc1cc(/C=C2\SC(=O)N(CCOc3cc(C)ccc3C(C)C)C2=O)cc(I)c1OC(=O)c1ccc(OC)cc1. The molecule has 8 nitrogen and oxygen atoms in total. The molecule has 220 valence electrons. The van der Waals surface area contributed by atoms with E-state index in [0.29, 0.717) is 37.7 Å². The van der Waals surface area contributed by atoms with Gasteiger partial charge in [0.1, 0.15) is 18.1 Å². The third-order valence-corrected chi connectivity index (χ3v) is 8.10. The fourth-order valence-corrected chi connectivity index (χ4v) is 5.85. The number of carbonyl (C=O) groups excluding carboxylic acids is 3. The minimum atomic E-state index is -0.543. The lowest BCUT2D eigenvalue weighted by atomic mass is 10.0. The molecular weight excluding hydrogens is 669 g/mol. The number of halogens is 1. The van der Waals surface area contributed by atoms with Crippen LogP contribution in [0.15, 0.2) is 59.5 Å². The first-order chi connectivity index (χ1) is 20.1. The van der Waals surface area contributed by atoms with Crippen molar-refractivity contribution in [2.45, 2.75) is 33.6 Å². The number of benzene rings is 3. The van der Waals surface area contributed by atoms with Gasteiger partial charge in [0, 0.05) is 0 Å². The number of amides is 2. The van der Waals surface area contributed by atoms with Crippen LogP contribution in [0, 0.1) is 10.5 Å². The quantitative estimate of drug-likeness (QED) is 0.0881. The van der Waals surface area contributed by atoms with Gasteiger partial charge >= 0.3 is 5.97 Å². The summed E-state index contributed by atoms with van der Waals surface area (Å²) in [6, 6.07) is 16.1. The Morgan fingerprint density at radius 2 is 1.76 bits per heavy atom. The van der Waals surface area contributed by atoms with E-state index in [2.05, 4.69) is 36.4 Å². The number of nitrogens with zero attached hydrogens (tertiary/aromatic N) is 1. The second kappa shape index (κ2) is 14.1. The summed E-state index contributed by atoms with van der Waals surface area (Å²) < 4.78 is 23.2. The number of thioether (sulfide) groups is 1. The molecule has 0 unspecified atom stereocenters. The van der Waals surface area contributed by atoms with E-state index in [1.807, 2.05) is 32.0 Å². The minimum absolute atomic E-state index is 0.134. The molecule has 0 aromatic heterocycles. The molecule has 0 atom stereocenters. The first-order valence-electron chi connectivity index (χ1n) is 13.4. The maximum absolute atomic E-state index is 13.2. The van der Waals surface area contributed by atoms with Crippen molar-refractivity contribution in [1.82, 2.24) is 4.90 Å². The molecule has 0 spiro atoms. The van der Waals surface area contributed by atoms with Crippen molar-refractivity contribution < 1.29 is 33.3 Å². The van der Waals surface area contributed by atoms with Gasteiger partial charge in [-0.3, -0.25) is 14.5 Å². The second-order valence-electron chi connectivity index (χ2n) is 9.76. The molecular formula is C32H32INO7S. The monoisotopic (exact) mass is 701 g/mol. The normalized spacial score (nSPS) is 14.1. The highest BCUT2D eigenvalue weighted by Gasteiger charge is 2.35. The number of carbonyl (C=O) groups is 3. The van der Waals surface area contributed by atoms with Gasteiger partial charge in [0.15, 0.2) is 11.5 Å². The summed E-state index contributed by atoms with van der Waals surface area (Å²) in [5.41, 5.74) is 3.15. The summed E-state index contributed by atoms with van der Waals surface area (Å²) in [6.07, 6.45) is 1.64. The van der Waals surface area contributed by atoms with Gasteiger partial charge in [0.2, 0.25) is 0 Å². The van der Waals surface area contributed by atoms with Gasteiger partial charge < -0.3 is 18.9 Å². The average molecular weight is 702 g/mol. The molecule has 1 aliphatic rings. The van der Waals surface area contributed by atoms with Gasteiger partial charge in [-0.2, -0.15) is 0 Å². The van der Waals surface area contributed by atoms with Crippen LogP contribution >= 0.6 is 34.4 Å². The van der Waals surface area contributed by atoms with Crippen LogP contribution in [0.5, 0.6) is 23.0 Å². The maximum atomic E-state index is 13.2. The van der Waals surface area contributed by atoms with Gasteiger partial charge in [0.05, 0.1) is 34.3 Å². The number of ether oxygens (including phenoxy) is 4. The number of imide groups is 1. The zero-order valence-electron chi connectivity index (χ0n) is 24.1. The molecule has 1 heterocycles. The Morgan fingerprint density at radius 3 is 2.43 bits per heavy atom. The predicted octanol–water partition coefficient (Wildman–Crippen LogP) is 7.46. The van der Waals surface area contributed by atoms with Crippen LogP contribution in [0.25, 0.3) is 6.08 Å². The van der Waals surface area contributed by atoms with Gasteiger partial charge in [-0.1, -0.05) is 26.0 Å². The molecule has 42 heavy (non-hydrogen) atoms. The van der Waals surface area contributed by atoms with Crippen molar-refractivity contribution in [3.63, 3.8) is 0 Å². The third kappa shape index (κ3) is 7.46. The molecule has 10 heteroatoms. The molecule has 0 aliphatic carbocycles. The Bertz CT molecular complexity index is 1520. The van der Waals surface area contributed by atoms with E-state index in [-0.39, 0.29) is 36.0 Å². The Balaban J connectivity index is 1.48. The van der Waals surface area contributed by atoms with Crippen molar-refractivity contribution in [3.8, 4) is 23.0 Å². The Kier molecular flexibility index (Phi) is 10.6. The molecule has 0 N–H and O–H groups in total. The van der Waals surface area contributed by atoms with Crippen LogP contribution in [0.3, 0.4) is 0 Å². The molecule has 0 bridgehead atoms. The van der Waals surface area contributed by atoms with E-state index < -0.39 is 5.97 Å². The van der Waals surface area contributed by atoms with Crippen molar-refractivity contribution in [3.05, 3.63) is 85.3 Å². The fourth-order valence-electron chi connectivity index (χ4n) is 4.25. The summed E-state index contributed by atoms with van der Waals surface area (Å²) in [7, 11) is 1.55. The van der Waals surface area contributed by atoms with Crippen molar-refractivity contribution in [1.29, 1.82) is 0 Å². The highest BCUT2D eigenvalue weighted by molar-refractivity contribution is 14.1. The van der Waals surface area contributed by atoms with Gasteiger partial charge in [-0.05, 0) is 119 Å². The van der Waals surface area contributed by atoms with Gasteiger partial charge in [-0.15, -0.1) is 0 Å². The summed E-state index contributed by atoms with van der Waals surface area (Å²) in [5.74, 6) is 1.37. The van der Waals surface area contributed by atoms with Crippen LogP contribution in [-0.2, 0) is 4.79 Å². The number of aryl methyl sites for hydroxylation is 1. The molecule has 1 aliphatic heterocycles. The summed E-state index contributed by atoms with van der Waals surface area (Å²) in [6.45, 7) is 8.66. The van der Waals surface area contributed by atoms with Crippen LogP contribution in [0.1, 0.15) is 53.7 Å². The van der Waals surface area contributed by atoms with E-state index in [9.17, 15) is 14.4 Å². The van der Waals surface area contributed by atoms with Crippen molar-refractivity contribution in [2.75, 3.05) is 26.9 Å². The van der Waals surface area contributed by atoms with Crippen LogP contribution in [-0.4, -0.2) is 48.9 Å². The number of hydrogen-bond donors (Lipinski definition) is 0. The van der Waals surface area contributed by atoms with Crippen LogP contribution < -0.4 is 18.9 Å². The Morgan fingerprint density at radius 1 is 1.02 bits per heavy atom. The van der Waals surface area contributed by atoms with E-state index in [4.69, 9.17) is 18.9 Å². The largest absolute Gasteiger partial charge is 0.497 e. The number of rotatable bonds is 11. The Hall–Kier alpha value is -3.51. The molecule has 0 saturated carbocycles. The number of methoxy groups -OCH3 is 1. The van der Waals surface area contributed by atoms with E-state index in [1.54, 1.807) is 49.6 Å². The predicted molar refractivity (Wildman–Crippen MR) is 172 cm³/mol. The lowest BCUT2D eigenvalue weighted by molar-refractivity contribution is -0.123. The highest BCUT2D eigenvalue weighted by Crippen LogP contribution is 2.38. The molecule has 3 aromatic rings. The summed E-state index contributed by atoms with van der Waals surface area (Å²) >= 11 is 2.93. The van der Waals surface area contributed by atoms with E-state index in [0.717, 1.165) is 28.6 Å². The van der Waals surface area contributed by atoms with Crippen LogP contribution in [0.4, 0.5) is 4.79 Å². The smallest absolute Gasteiger partial charge is 0.343 e. The highest BCUT2D eigenvalue weighted by atomic mass is 127. The average Bonchev–Trinajstić information content (AvgIpc) is 3.22. The first kappa shape index (κ1) is 31.4. The van der Waals surface area contributed by atoms with Gasteiger partial charge in [-0.25, -0.2) is 4.79 Å². The molecule has 0 radical (unpaired) electrons. The standard InChI is InChI=1S/C32H32INO7S/c1-6-39-27-17-21(16-25(33)29(27)41-31(36)22-8-10-23(38-5)11-9-22)18-28-30(35)34(32(37)42-28)13-14-40-26-15-20(4)7-12-24(26)19(2)3/h7-12,15-19H,6,13-14H2,1-5H3/b28-18-. The first-order valence-corrected chi connectivity index (χ1v) is 15.3.